The van der Waals surface area contributed by atoms with Crippen LogP contribution in [0.25, 0.3) is 0 Å². The van der Waals surface area contributed by atoms with E-state index >= 15 is 0 Å². The molecule has 0 aromatic heterocycles. The van der Waals surface area contributed by atoms with E-state index in [1.165, 1.54) is 0 Å². The fourth-order valence-electron chi connectivity index (χ4n) is 2.39. The van der Waals surface area contributed by atoms with Crippen LogP contribution in [0.15, 0.2) is 53.0 Å². The Balaban J connectivity index is 1.89. The van der Waals surface area contributed by atoms with Crippen molar-refractivity contribution in [3.8, 4) is 5.75 Å². The number of amides is 2. The van der Waals surface area contributed by atoms with Crippen LogP contribution < -0.4 is 15.4 Å². The van der Waals surface area contributed by atoms with Gasteiger partial charge in [-0.2, -0.15) is 0 Å². The number of hydrogen-bond acceptors (Lipinski definition) is 4. The summed E-state index contributed by atoms with van der Waals surface area (Å²) in [6, 6.07) is 14.6. The molecule has 2 aromatic carbocycles. The minimum absolute atomic E-state index is 0.112. The molecule has 2 amide bonds. The molecule has 0 aliphatic heterocycles. The number of rotatable bonds is 8. The molecule has 0 atom stereocenters. The third kappa shape index (κ3) is 6.16. The number of anilines is 2. The zero-order valence-corrected chi connectivity index (χ0v) is 16.4. The van der Waals surface area contributed by atoms with Crippen LogP contribution in [-0.4, -0.2) is 43.5 Å². The number of benzene rings is 2. The van der Waals surface area contributed by atoms with E-state index in [1.807, 2.05) is 43.3 Å². The zero-order valence-electron chi connectivity index (χ0n) is 14.8. The molecule has 0 radical (unpaired) electrons. The van der Waals surface area contributed by atoms with Gasteiger partial charge in [-0.05, 0) is 36.9 Å². The molecule has 6 nitrogen and oxygen atoms in total. The summed E-state index contributed by atoms with van der Waals surface area (Å²) in [5.74, 6) is 0.220. The zero-order chi connectivity index (χ0) is 18.9. The van der Waals surface area contributed by atoms with E-state index < -0.39 is 0 Å². The van der Waals surface area contributed by atoms with Gasteiger partial charge in [-0.25, -0.2) is 0 Å². The van der Waals surface area contributed by atoms with Gasteiger partial charge in [-0.15, -0.1) is 0 Å². The molecule has 0 aliphatic carbocycles. The average Bonchev–Trinajstić information content (AvgIpc) is 2.61. The third-order valence-electron chi connectivity index (χ3n) is 3.67. The summed E-state index contributed by atoms with van der Waals surface area (Å²) in [5.41, 5.74) is 1.31. The van der Waals surface area contributed by atoms with Gasteiger partial charge in [0.15, 0.2) is 0 Å². The highest BCUT2D eigenvalue weighted by Gasteiger charge is 2.14. The third-order valence-corrected chi connectivity index (χ3v) is 4.16. The standard InChI is InChI=1S/C19H22BrN3O3/c1-3-23(12-18(24)21-15-8-6-7-14(20)11-15)13-19(25)22-16-9-4-5-10-17(16)26-2/h4-11H,3,12-13H2,1-2H3,(H,21,24)(H,22,25). The fourth-order valence-corrected chi connectivity index (χ4v) is 2.79. The molecule has 0 aliphatic rings. The van der Waals surface area contributed by atoms with E-state index in [-0.39, 0.29) is 24.9 Å². The predicted molar refractivity (Wildman–Crippen MR) is 107 cm³/mol. The first-order valence-corrected chi connectivity index (χ1v) is 9.01. The molecule has 2 aromatic rings. The van der Waals surface area contributed by atoms with Crippen LogP contribution in [0.1, 0.15) is 6.92 Å². The molecule has 2 rings (SSSR count). The van der Waals surface area contributed by atoms with E-state index in [1.54, 1.807) is 24.1 Å². The molecular formula is C19H22BrN3O3. The molecule has 26 heavy (non-hydrogen) atoms. The van der Waals surface area contributed by atoms with Crippen molar-refractivity contribution in [3.05, 3.63) is 53.0 Å². The van der Waals surface area contributed by atoms with Gasteiger partial charge in [0.1, 0.15) is 5.75 Å². The Morgan fingerprint density at radius 2 is 1.73 bits per heavy atom. The Labute approximate surface area is 161 Å². The van der Waals surface area contributed by atoms with Crippen LogP contribution in [0, 0.1) is 0 Å². The van der Waals surface area contributed by atoms with Crippen molar-refractivity contribution in [1.82, 2.24) is 4.90 Å². The van der Waals surface area contributed by atoms with Crippen molar-refractivity contribution < 1.29 is 14.3 Å². The van der Waals surface area contributed by atoms with Crippen LogP contribution in [-0.2, 0) is 9.59 Å². The summed E-state index contributed by atoms with van der Waals surface area (Å²) in [6.45, 7) is 2.72. The number of likely N-dealkylation sites (N-methyl/N-ethyl adjacent to an activating group) is 1. The molecule has 138 valence electrons. The Morgan fingerprint density at radius 1 is 1.04 bits per heavy atom. The molecule has 0 fully saturated rings. The topological polar surface area (TPSA) is 70.7 Å². The van der Waals surface area contributed by atoms with Gasteiger partial charge >= 0.3 is 0 Å². The smallest absolute Gasteiger partial charge is 0.238 e. The predicted octanol–water partition coefficient (Wildman–Crippen LogP) is 3.36. The van der Waals surface area contributed by atoms with Crippen molar-refractivity contribution in [2.45, 2.75) is 6.92 Å². The second-order valence-electron chi connectivity index (χ2n) is 5.61. The number of methoxy groups -OCH3 is 1. The minimum Gasteiger partial charge on any atom is -0.495 e. The van der Waals surface area contributed by atoms with Gasteiger partial charge in [-0.1, -0.05) is 41.1 Å². The van der Waals surface area contributed by atoms with Crippen LogP contribution in [0.2, 0.25) is 0 Å². The maximum atomic E-state index is 12.3. The van der Waals surface area contributed by atoms with Crippen molar-refractivity contribution in [1.29, 1.82) is 0 Å². The number of carbonyl (C=O) groups is 2. The number of halogens is 1. The molecule has 7 heteroatoms. The highest BCUT2D eigenvalue weighted by atomic mass is 79.9. The number of nitrogens with one attached hydrogen (secondary N) is 2. The summed E-state index contributed by atoms with van der Waals surface area (Å²) in [4.78, 5) is 26.3. The van der Waals surface area contributed by atoms with E-state index in [2.05, 4.69) is 26.6 Å². The van der Waals surface area contributed by atoms with E-state index in [0.29, 0.717) is 23.7 Å². The van der Waals surface area contributed by atoms with Gasteiger partial charge in [0.05, 0.1) is 25.9 Å². The number of ether oxygens (including phenoxy) is 1. The second-order valence-corrected chi connectivity index (χ2v) is 6.53. The first-order valence-electron chi connectivity index (χ1n) is 8.22. The molecule has 0 unspecified atom stereocenters. The fraction of sp³-hybridized carbons (Fsp3) is 0.263. The largest absolute Gasteiger partial charge is 0.495 e. The maximum Gasteiger partial charge on any atom is 0.238 e. The van der Waals surface area contributed by atoms with Gasteiger partial charge in [0.2, 0.25) is 11.8 Å². The normalized spacial score (nSPS) is 10.5. The lowest BCUT2D eigenvalue weighted by Gasteiger charge is -2.19. The van der Waals surface area contributed by atoms with E-state index in [0.717, 1.165) is 4.47 Å². The molecule has 0 bridgehead atoms. The quantitative estimate of drug-likeness (QED) is 0.687. The van der Waals surface area contributed by atoms with Crippen LogP contribution in [0.5, 0.6) is 5.75 Å². The average molecular weight is 420 g/mol. The van der Waals surface area contributed by atoms with Gasteiger partial charge in [0, 0.05) is 10.2 Å². The molecule has 0 saturated heterocycles. The van der Waals surface area contributed by atoms with Gasteiger partial charge in [-0.3, -0.25) is 14.5 Å². The maximum absolute atomic E-state index is 12.3. The molecule has 0 spiro atoms. The summed E-state index contributed by atoms with van der Waals surface area (Å²) in [7, 11) is 1.55. The summed E-state index contributed by atoms with van der Waals surface area (Å²) >= 11 is 3.37. The molecule has 2 N–H and O–H groups in total. The first-order chi connectivity index (χ1) is 12.5. The summed E-state index contributed by atoms with van der Waals surface area (Å²) in [5, 5.41) is 5.64. The SMILES string of the molecule is CCN(CC(=O)Nc1cccc(Br)c1)CC(=O)Nc1ccccc1OC. The second kappa shape index (κ2) is 9.94. The van der Waals surface area contributed by atoms with E-state index in [4.69, 9.17) is 4.74 Å². The Bertz CT molecular complexity index is 767. The minimum atomic E-state index is -0.202. The van der Waals surface area contributed by atoms with Gasteiger partial charge in [0.25, 0.3) is 0 Å². The van der Waals surface area contributed by atoms with Crippen molar-refractivity contribution in [2.24, 2.45) is 0 Å². The highest BCUT2D eigenvalue weighted by molar-refractivity contribution is 9.10. The van der Waals surface area contributed by atoms with Gasteiger partial charge < -0.3 is 15.4 Å². The monoisotopic (exact) mass is 419 g/mol. The van der Waals surface area contributed by atoms with Crippen molar-refractivity contribution in [3.63, 3.8) is 0 Å². The summed E-state index contributed by atoms with van der Waals surface area (Å²) < 4.78 is 6.11. The number of nitrogens with zero attached hydrogens (tertiary/aromatic N) is 1. The van der Waals surface area contributed by atoms with Crippen LogP contribution >= 0.6 is 15.9 Å². The number of hydrogen-bond donors (Lipinski definition) is 2. The van der Waals surface area contributed by atoms with Crippen LogP contribution in [0.4, 0.5) is 11.4 Å². The number of carbonyl (C=O) groups excluding carboxylic acids is 2. The highest BCUT2D eigenvalue weighted by Crippen LogP contribution is 2.22. The number of para-hydroxylation sites is 2. The van der Waals surface area contributed by atoms with Crippen LogP contribution in [0.3, 0.4) is 0 Å². The Kier molecular flexibility index (Phi) is 7.62. The lowest BCUT2D eigenvalue weighted by molar-refractivity contribution is -0.119. The molecule has 0 heterocycles. The van der Waals surface area contributed by atoms with Crippen molar-refractivity contribution in [2.75, 3.05) is 37.4 Å². The van der Waals surface area contributed by atoms with E-state index in [9.17, 15) is 9.59 Å². The Hall–Kier alpha value is -2.38. The lowest BCUT2D eigenvalue weighted by atomic mass is 10.3. The molecular weight excluding hydrogens is 398 g/mol. The Morgan fingerprint density at radius 3 is 2.38 bits per heavy atom. The summed E-state index contributed by atoms with van der Waals surface area (Å²) in [6.07, 6.45) is 0. The lowest BCUT2D eigenvalue weighted by Crippen LogP contribution is -2.38. The molecule has 0 saturated carbocycles. The van der Waals surface area contributed by atoms with Crippen molar-refractivity contribution >= 4 is 39.1 Å². The first kappa shape index (κ1) is 19.9.